The average Bonchev–Trinajstić information content (AvgIpc) is 3.10. The Labute approximate surface area is 156 Å². The van der Waals surface area contributed by atoms with E-state index in [1.807, 2.05) is 37.3 Å². The minimum Gasteiger partial charge on any atom is -0.198 e. The summed E-state index contributed by atoms with van der Waals surface area (Å²) < 4.78 is 33.6. The lowest BCUT2D eigenvalue weighted by Gasteiger charge is -2.12. The normalized spacial score (nSPS) is 22.5. The Hall–Kier alpha value is -2.27. The van der Waals surface area contributed by atoms with Crippen molar-refractivity contribution in [2.24, 2.45) is 4.53 Å². The SMILES string of the molecule is Cc1ccc(S(=O)(=O)ON=S2CC=CC2=C2C=CC=C(CC#N)C2)cc1. The second kappa shape index (κ2) is 7.96. The van der Waals surface area contributed by atoms with Gasteiger partial charge in [0.25, 0.3) is 0 Å². The van der Waals surface area contributed by atoms with Crippen molar-refractivity contribution in [3.05, 3.63) is 76.3 Å². The summed E-state index contributed by atoms with van der Waals surface area (Å²) in [6.45, 7) is 1.89. The zero-order chi connectivity index (χ0) is 18.6. The van der Waals surface area contributed by atoms with Gasteiger partial charge in [0.2, 0.25) is 0 Å². The zero-order valence-electron chi connectivity index (χ0n) is 14.3. The van der Waals surface area contributed by atoms with Crippen LogP contribution in [0, 0.1) is 18.3 Å². The molecule has 1 heterocycles. The molecule has 0 saturated heterocycles. The fraction of sp³-hybridized carbons (Fsp3) is 0.211. The summed E-state index contributed by atoms with van der Waals surface area (Å²) >= 11 is 0. The molecule has 134 valence electrons. The summed E-state index contributed by atoms with van der Waals surface area (Å²) in [5.41, 5.74) is 3.06. The Kier molecular flexibility index (Phi) is 5.67. The summed E-state index contributed by atoms with van der Waals surface area (Å²) in [5, 5.41) is 8.87. The number of allylic oxidation sites excluding steroid dienone is 6. The first-order valence-corrected chi connectivity index (χ1v) is 10.8. The van der Waals surface area contributed by atoms with E-state index in [1.165, 1.54) is 12.1 Å². The Balaban J connectivity index is 1.82. The van der Waals surface area contributed by atoms with E-state index in [2.05, 4.69) is 10.6 Å². The first-order chi connectivity index (χ1) is 12.5. The fourth-order valence-electron chi connectivity index (χ4n) is 2.62. The van der Waals surface area contributed by atoms with E-state index < -0.39 is 20.8 Å². The van der Waals surface area contributed by atoms with Gasteiger partial charge in [-0.25, -0.2) is 0 Å². The van der Waals surface area contributed by atoms with Crippen LogP contribution in [0.1, 0.15) is 18.4 Å². The van der Waals surface area contributed by atoms with E-state index in [0.717, 1.165) is 21.6 Å². The smallest absolute Gasteiger partial charge is 0.198 e. The standard InChI is InChI=1S/C19H18N2O3S2/c1-15-7-9-18(10-8-15)26(22,23)24-21-25-13-3-6-19(25)17-5-2-4-16(14-17)11-12-20/h2-10H,11,13-14H2,1H3. The molecular formula is C19H18N2O3S2. The Bertz CT molecular complexity index is 1010. The number of nitriles is 1. The Morgan fingerprint density at radius 1 is 1.27 bits per heavy atom. The van der Waals surface area contributed by atoms with Crippen molar-refractivity contribution < 1.29 is 12.7 Å². The van der Waals surface area contributed by atoms with Crippen molar-refractivity contribution in [1.29, 1.82) is 5.26 Å². The summed E-state index contributed by atoms with van der Waals surface area (Å²) in [6.07, 6.45) is 10.8. The molecule has 1 aliphatic carbocycles. The quantitative estimate of drug-likeness (QED) is 0.732. The number of benzene rings is 1. The Morgan fingerprint density at radius 2 is 2.04 bits per heavy atom. The van der Waals surface area contributed by atoms with Crippen molar-refractivity contribution in [2.45, 2.75) is 24.7 Å². The van der Waals surface area contributed by atoms with Gasteiger partial charge >= 0.3 is 10.1 Å². The van der Waals surface area contributed by atoms with Gasteiger partial charge in [0.1, 0.15) is 0 Å². The van der Waals surface area contributed by atoms with Crippen molar-refractivity contribution >= 4 is 20.8 Å². The van der Waals surface area contributed by atoms with Crippen molar-refractivity contribution in [1.82, 2.24) is 0 Å². The molecule has 1 aliphatic heterocycles. The van der Waals surface area contributed by atoms with Crippen LogP contribution in [0.2, 0.25) is 0 Å². The van der Waals surface area contributed by atoms with E-state index in [4.69, 9.17) is 9.55 Å². The molecule has 0 spiro atoms. The van der Waals surface area contributed by atoms with Gasteiger partial charge in [-0.15, -0.1) is 4.28 Å². The average molecular weight is 386 g/mol. The maximum absolute atomic E-state index is 12.3. The first kappa shape index (κ1) is 18.5. The van der Waals surface area contributed by atoms with E-state index in [-0.39, 0.29) is 4.90 Å². The maximum atomic E-state index is 12.3. The maximum Gasteiger partial charge on any atom is 0.319 e. The highest BCUT2D eigenvalue weighted by Crippen LogP contribution is 2.29. The van der Waals surface area contributed by atoms with Crippen LogP contribution in [0.3, 0.4) is 0 Å². The second-order valence-corrected chi connectivity index (χ2v) is 9.12. The van der Waals surface area contributed by atoms with Crippen LogP contribution >= 0.6 is 0 Å². The van der Waals surface area contributed by atoms with Crippen molar-refractivity contribution in [3.8, 4) is 6.07 Å². The molecule has 0 aromatic heterocycles. The molecule has 0 fully saturated rings. The zero-order valence-corrected chi connectivity index (χ0v) is 15.9. The van der Waals surface area contributed by atoms with Crippen LogP contribution < -0.4 is 0 Å². The number of hydrogen-bond acceptors (Lipinski definition) is 5. The largest absolute Gasteiger partial charge is 0.319 e. The topological polar surface area (TPSA) is 79.5 Å². The molecule has 0 radical (unpaired) electrons. The molecule has 1 aromatic rings. The van der Waals surface area contributed by atoms with Gasteiger partial charge in [-0.2, -0.15) is 13.7 Å². The molecule has 1 unspecified atom stereocenters. The van der Waals surface area contributed by atoms with Gasteiger partial charge in [-0.3, -0.25) is 0 Å². The molecule has 5 nitrogen and oxygen atoms in total. The number of nitrogens with zero attached hydrogens (tertiary/aromatic N) is 2. The molecule has 0 saturated carbocycles. The summed E-state index contributed by atoms with van der Waals surface area (Å²) in [4.78, 5) is 1.05. The van der Waals surface area contributed by atoms with Crippen LogP contribution in [0.5, 0.6) is 0 Å². The van der Waals surface area contributed by atoms with Crippen molar-refractivity contribution in [2.75, 3.05) is 5.75 Å². The van der Waals surface area contributed by atoms with Crippen LogP contribution in [0.4, 0.5) is 0 Å². The molecule has 0 amide bonds. The monoisotopic (exact) mass is 386 g/mol. The lowest BCUT2D eigenvalue weighted by Crippen LogP contribution is -2.05. The highest BCUT2D eigenvalue weighted by atomic mass is 32.2. The van der Waals surface area contributed by atoms with E-state index >= 15 is 0 Å². The van der Waals surface area contributed by atoms with Gasteiger partial charge in [0, 0.05) is 10.7 Å². The van der Waals surface area contributed by atoms with Crippen LogP contribution in [0.25, 0.3) is 0 Å². The van der Waals surface area contributed by atoms with Crippen LogP contribution in [-0.2, 0) is 25.1 Å². The van der Waals surface area contributed by atoms with Crippen LogP contribution in [0.15, 0.2) is 80.1 Å². The minimum absolute atomic E-state index is 0.0913. The van der Waals surface area contributed by atoms with Gasteiger partial charge in [0.15, 0.2) is 0 Å². The summed E-state index contributed by atoms with van der Waals surface area (Å²) in [7, 11) is -4.60. The second-order valence-electron chi connectivity index (χ2n) is 5.94. The summed E-state index contributed by atoms with van der Waals surface area (Å²) in [6, 6.07) is 8.63. The van der Waals surface area contributed by atoms with Gasteiger partial charge in [0.05, 0.1) is 17.4 Å². The molecule has 26 heavy (non-hydrogen) atoms. The predicted octanol–water partition coefficient (Wildman–Crippen LogP) is 4.04. The highest BCUT2D eigenvalue weighted by molar-refractivity contribution is 7.92. The van der Waals surface area contributed by atoms with E-state index in [9.17, 15) is 8.42 Å². The minimum atomic E-state index is -3.92. The third-order valence-electron chi connectivity index (χ3n) is 3.97. The molecule has 1 aromatic carbocycles. The predicted molar refractivity (Wildman–Crippen MR) is 102 cm³/mol. The summed E-state index contributed by atoms with van der Waals surface area (Å²) in [5.74, 6) is 0.618. The molecule has 1 atom stereocenters. The lowest BCUT2D eigenvalue weighted by molar-refractivity contribution is 0.346. The van der Waals surface area contributed by atoms with Gasteiger partial charge in [-0.1, -0.05) is 58.2 Å². The van der Waals surface area contributed by atoms with Crippen LogP contribution in [-0.4, -0.2) is 14.2 Å². The van der Waals surface area contributed by atoms with Gasteiger partial charge in [-0.05, 0) is 41.7 Å². The molecular weight excluding hydrogens is 368 g/mol. The van der Waals surface area contributed by atoms with E-state index in [1.54, 1.807) is 12.1 Å². The first-order valence-electron chi connectivity index (χ1n) is 8.05. The van der Waals surface area contributed by atoms with Crippen molar-refractivity contribution in [3.63, 3.8) is 0 Å². The molecule has 7 heteroatoms. The third-order valence-corrected chi connectivity index (χ3v) is 6.86. The van der Waals surface area contributed by atoms with E-state index in [0.29, 0.717) is 18.6 Å². The third kappa shape index (κ3) is 4.28. The molecule has 0 bridgehead atoms. The molecule has 2 aliphatic rings. The fourth-order valence-corrected chi connectivity index (χ4v) is 5.09. The lowest BCUT2D eigenvalue weighted by atomic mass is 9.97. The number of aryl methyl sites for hydroxylation is 1. The number of hydrogen-bond donors (Lipinski definition) is 0. The number of rotatable bonds is 4. The molecule has 3 rings (SSSR count). The Morgan fingerprint density at radius 3 is 2.77 bits per heavy atom. The molecule has 0 N–H and O–H groups in total. The van der Waals surface area contributed by atoms with Gasteiger partial charge < -0.3 is 0 Å². The highest BCUT2D eigenvalue weighted by Gasteiger charge is 2.19.